The van der Waals surface area contributed by atoms with Crippen LogP contribution < -0.4 is 5.32 Å². The highest BCUT2D eigenvalue weighted by Crippen LogP contribution is 2.31. The van der Waals surface area contributed by atoms with Crippen molar-refractivity contribution in [3.63, 3.8) is 0 Å². The Morgan fingerprint density at radius 1 is 1.62 bits per heavy atom. The molecule has 0 saturated heterocycles. The number of hydrogen-bond acceptors (Lipinski definition) is 2. The van der Waals surface area contributed by atoms with Crippen molar-refractivity contribution in [2.45, 2.75) is 39.2 Å². The Hall–Kier alpha value is -0.570. The molecule has 2 N–H and O–H groups in total. The number of aliphatic hydroxyl groups is 1. The second-order valence-corrected chi connectivity index (χ2v) is 4.11. The molecule has 1 rings (SSSR count). The molecule has 1 fully saturated rings. The Morgan fingerprint density at radius 2 is 2.31 bits per heavy atom. The summed E-state index contributed by atoms with van der Waals surface area (Å²) in [6.07, 6.45) is 3.32. The minimum atomic E-state index is -0.111. The van der Waals surface area contributed by atoms with Crippen molar-refractivity contribution in [3.05, 3.63) is 0 Å². The summed E-state index contributed by atoms with van der Waals surface area (Å²) in [4.78, 5) is 11.6. The number of amides is 1. The highest BCUT2D eigenvalue weighted by molar-refractivity contribution is 5.79. The zero-order valence-electron chi connectivity index (χ0n) is 8.42. The van der Waals surface area contributed by atoms with Gasteiger partial charge in [-0.05, 0) is 25.7 Å². The summed E-state index contributed by atoms with van der Waals surface area (Å²) in [5.41, 5.74) is 0. The van der Waals surface area contributed by atoms with Crippen molar-refractivity contribution >= 4 is 5.91 Å². The molecule has 2 unspecified atom stereocenters. The van der Waals surface area contributed by atoms with E-state index in [4.69, 9.17) is 5.11 Å². The van der Waals surface area contributed by atoms with Gasteiger partial charge in [0, 0.05) is 12.0 Å². The maximum atomic E-state index is 11.6. The van der Waals surface area contributed by atoms with Gasteiger partial charge in [0.25, 0.3) is 0 Å². The minimum absolute atomic E-state index is 0.0207. The van der Waals surface area contributed by atoms with E-state index in [1.807, 2.05) is 6.92 Å². The van der Waals surface area contributed by atoms with E-state index in [0.29, 0.717) is 5.92 Å². The van der Waals surface area contributed by atoms with Crippen LogP contribution in [0.4, 0.5) is 0 Å². The molecule has 0 aromatic carbocycles. The molecular weight excluding hydrogens is 166 g/mol. The standard InChI is InChI=1S/C10H19NO2/c1-7-4-3-5-9(7)10(13)11-8(2)6-12/h7-9,12H,3-6H2,1-2H3,(H,11,13)/t7?,8-,9?/m1/s1. The summed E-state index contributed by atoms with van der Waals surface area (Å²) in [5, 5.41) is 11.6. The number of hydrogen-bond donors (Lipinski definition) is 2. The van der Waals surface area contributed by atoms with Gasteiger partial charge in [-0.15, -0.1) is 0 Å². The zero-order valence-corrected chi connectivity index (χ0v) is 8.42. The highest BCUT2D eigenvalue weighted by atomic mass is 16.3. The predicted octanol–water partition coefficient (Wildman–Crippen LogP) is 0.920. The SMILES string of the molecule is CC1CCCC1C(=O)N[C@H](C)CO. The van der Waals surface area contributed by atoms with E-state index in [9.17, 15) is 4.79 Å². The van der Waals surface area contributed by atoms with Gasteiger partial charge >= 0.3 is 0 Å². The molecule has 0 spiro atoms. The molecule has 0 radical (unpaired) electrons. The summed E-state index contributed by atoms with van der Waals surface area (Å²) in [6, 6.07) is -0.111. The van der Waals surface area contributed by atoms with E-state index >= 15 is 0 Å². The summed E-state index contributed by atoms with van der Waals surface area (Å²) >= 11 is 0. The number of rotatable bonds is 3. The van der Waals surface area contributed by atoms with Gasteiger partial charge in [-0.1, -0.05) is 13.3 Å². The molecule has 0 aromatic rings. The van der Waals surface area contributed by atoms with E-state index in [1.165, 1.54) is 0 Å². The lowest BCUT2D eigenvalue weighted by Gasteiger charge is -2.18. The monoisotopic (exact) mass is 185 g/mol. The lowest BCUT2D eigenvalue weighted by atomic mass is 9.97. The van der Waals surface area contributed by atoms with Gasteiger partial charge in [0.2, 0.25) is 5.91 Å². The van der Waals surface area contributed by atoms with Crippen LogP contribution in [0.2, 0.25) is 0 Å². The lowest BCUT2D eigenvalue weighted by Crippen LogP contribution is -2.39. The molecule has 3 heteroatoms. The number of carbonyl (C=O) groups is 1. The molecule has 3 atom stereocenters. The Labute approximate surface area is 79.5 Å². The van der Waals surface area contributed by atoms with E-state index in [2.05, 4.69) is 12.2 Å². The third-order valence-electron chi connectivity index (χ3n) is 2.86. The number of aliphatic hydroxyl groups excluding tert-OH is 1. The Morgan fingerprint density at radius 3 is 2.77 bits per heavy atom. The molecule has 76 valence electrons. The molecule has 3 nitrogen and oxygen atoms in total. The zero-order chi connectivity index (χ0) is 9.84. The van der Waals surface area contributed by atoms with Crippen molar-refractivity contribution < 1.29 is 9.90 Å². The fraction of sp³-hybridized carbons (Fsp3) is 0.900. The number of nitrogens with one attached hydrogen (secondary N) is 1. The van der Waals surface area contributed by atoms with Gasteiger partial charge in [-0.25, -0.2) is 0 Å². The van der Waals surface area contributed by atoms with Crippen LogP contribution >= 0.6 is 0 Å². The first-order valence-corrected chi connectivity index (χ1v) is 5.06. The third kappa shape index (κ3) is 2.69. The molecule has 1 amide bonds. The Bertz CT molecular complexity index is 182. The van der Waals surface area contributed by atoms with Gasteiger partial charge in [-0.3, -0.25) is 4.79 Å². The van der Waals surface area contributed by atoms with Crippen molar-refractivity contribution in [2.75, 3.05) is 6.61 Å². The van der Waals surface area contributed by atoms with Crippen LogP contribution in [-0.4, -0.2) is 23.7 Å². The fourth-order valence-electron chi connectivity index (χ4n) is 1.93. The van der Waals surface area contributed by atoms with Crippen LogP contribution in [0.1, 0.15) is 33.1 Å². The average Bonchev–Trinajstić information content (AvgIpc) is 2.51. The molecule has 0 aliphatic heterocycles. The van der Waals surface area contributed by atoms with Crippen molar-refractivity contribution in [3.8, 4) is 0 Å². The molecule has 1 aliphatic carbocycles. The molecule has 13 heavy (non-hydrogen) atoms. The van der Waals surface area contributed by atoms with Crippen LogP contribution in [-0.2, 0) is 4.79 Å². The summed E-state index contributed by atoms with van der Waals surface area (Å²) in [5.74, 6) is 0.798. The van der Waals surface area contributed by atoms with Crippen LogP contribution in [0.3, 0.4) is 0 Å². The lowest BCUT2D eigenvalue weighted by molar-refractivity contribution is -0.126. The van der Waals surface area contributed by atoms with Gasteiger partial charge in [0.05, 0.1) is 6.61 Å². The first kappa shape index (κ1) is 10.5. The average molecular weight is 185 g/mol. The van der Waals surface area contributed by atoms with Crippen LogP contribution in [0.25, 0.3) is 0 Å². The fourth-order valence-corrected chi connectivity index (χ4v) is 1.93. The van der Waals surface area contributed by atoms with Crippen molar-refractivity contribution in [1.82, 2.24) is 5.32 Å². The normalized spacial score (nSPS) is 30.1. The quantitative estimate of drug-likeness (QED) is 0.687. The Kier molecular flexibility index (Phi) is 3.72. The van der Waals surface area contributed by atoms with Crippen molar-refractivity contribution in [1.29, 1.82) is 0 Å². The molecule has 0 bridgehead atoms. The largest absolute Gasteiger partial charge is 0.394 e. The third-order valence-corrected chi connectivity index (χ3v) is 2.86. The highest BCUT2D eigenvalue weighted by Gasteiger charge is 2.29. The van der Waals surface area contributed by atoms with Gasteiger partial charge < -0.3 is 10.4 Å². The van der Waals surface area contributed by atoms with Gasteiger partial charge in [0.1, 0.15) is 0 Å². The van der Waals surface area contributed by atoms with Gasteiger partial charge in [-0.2, -0.15) is 0 Å². The minimum Gasteiger partial charge on any atom is -0.394 e. The maximum absolute atomic E-state index is 11.6. The molecule has 0 heterocycles. The first-order valence-electron chi connectivity index (χ1n) is 5.06. The van der Waals surface area contributed by atoms with Gasteiger partial charge in [0.15, 0.2) is 0 Å². The Balaban J connectivity index is 2.38. The first-order chi connectivity index (χ1) is 6.15. The van der Waals surface area contributed by atoms with E-state index < -0.39 is 0 Å². The topological polar surface area (TPSA) is 49.3 Å². The smallest absolute Gasteiger partial charge is 0.223 e. The van der Waals surface area contributed by atoms with E-state index in [1.54, 1.807) is 0 Å². The molecular formula is C10H19NO2. The maximum Gasteiger partial charge on any atom is 0.223 e. The molecule has 1 saturated carbocycles. The van der Waals surface area contributed by atoms with Crippen molar-refractivity contribution in [2.24, 2.45) is 11.8 Å². The second kappa shape index (κ2) is 4.61. The number of carbonyl (C=O) groups excluding carboxylic acids is 1. The van der Waals surface area contributed by atoms with Crippen LogP contribution in [0.5, 0.6) is 0 Å². The van der Waals surface area contributed by atoms with E-state index in [0.717, 1.165) is 19.3 Å². The molecule has 0 aromatic heterocycles. The molecule has 1 aliphatic rings. The van der Waals surface area contributed by atoms with Crippen LogP contribution in [0.15, 0.2) is 0 Å². The second-order valence-electron chi connectivity index (χ2n) is 4.11. The summed E-state index contributed by atoms with van der Waals surface area (Å²) in [7, 11) is 0. The van der Waals surface area contributed by atoms with Crippen LogP contribution in [0, 0.1) is 11.8 Å². The van der Waals surface area contributed by atoms with E-state index in [-0.39, 0.29) is 24.5 Å². The summed E-state index contributed by atoms with van der Waals surface area (Å²) in [6.45, 7) is 3.96. The predicted molar refractivity (Wildman–Crippen MR) is 51.2 cm³/mol. The summed E-state index contributed by atoms with van der Waals surface area (Å²) < 4.78 is 0.